The van der Waals surface area contributed by atoms with E-state index in [1.54, 1.807) is 6.20 Å². The summed E-state index contributed by atoms with van der Waals surface area (Å²) in [5.41, 5.74) is 5.09. The van der Waals surface area contributed by atoms with E-state index in [-0.39, 0.29) is 5.95 Å². The predicted octanol–water partition coefficient (Wildman–Crippen LogP) is 2.56. The van der Waals surface area contributed by atoms with Gasteiger partial charge in [-0.3, -0.25) is 4.99 Å². The molecule has 9 heteroatoms. The molecule has 0 spiro atoms. The van der Waals surface area contributed by atoms with Gasteiger partial charge in [0.25, 0.3) is 0 Å². The van der Waals surface area contributed by atoms with E-state index in [2.05, 4.69) is 15.4 Å². The molecule has 0 aliphatic carbocycles. The highest BCUT2D eigenvalue weighted by molar-refractivity contribution is 6.31. The molecule has 1 aliphatic rings. The lowest BCUT2D eigenvalue weighted by Crippen LogP contribution is -2.41. The molecule has 23 heavy (non-hydrogen) atoms. The van der Waals surface area contributed by atoms with Gasteiger partial charge in [-0.1, -0.05) is 16.6 Å². The van der Waals surface area contributed by atoms with Crippen molar-refractivity contribution in [3.05, 3.63) is 45.7 Å². The van der Waals surface area contributed by atoms with Crippen LogP contribution in [0, 0.1) is 10.1 Å². The molecule has 1 aliphatic heterocycles. The van der Waals surface area contributed by atoms with E-state index in [4.69, 9.17) is 11.6 Å². The summed E-state index contributed by atoms with van der Waals surface area (Å²) in [6.45, 7) is 1.85. The number of halogens is 1. The Labute approximate surface area is 137 Å². The highest BCUT2D eigenvalue weighted by Gasteiger charge is 2.15. The second-order valence-electron chi connectivity index (χ2n) is 4.99. The van der Waals surface area contributed by atoms with Crippen molar-refractivity contribution >= 4 is 35.1 Å². The van der Waals surface area contributed by atoms with Crippen LogP contribution in [0.25, 0.3) is 0 Å². The zero-order chi connectivity index (χ0) is 16.2. The van der Waals surface area contributed by atoms with Crippen LogP contribution in [0.4, 0.5) is 17.3 Å². The van der Waals surface area contributed by atoms with Crippen LogP contribution in [0.5, 0.6) is 0 Å². The Bertz CT molecular complexity index is 745. The van der Waals surface area contributed by atoms with E-state index in [1.807, 2.05) is 29.4 Å². The van der Waals surface area contributed by atoms with Crippen molar-refractivity contribution < 1.29 is 4.92 Å². The molecule has 8 nitrogen and oxygen atoms in total. The lowest BCUT2D eigenvalue weighted by Gasteiger charge is -2.28. The third-order valence-corrected chi connectivity index (χ3v) is 3.69. The van der Waals surface area contributed by atoms with Crippen LogP contribution in [0.2, 0.25) is 5.02 Å². The second-order valence-corrected chi connectivity index (χ2v) is 5.43. The van der Waals surface area contributed by atoms with Crippen LogP contribution in [-0.2, 0) is 6.54 Å². The topological polar surface area (TPSA) is 88.6 Å². The van der Waals surface area contributed by atoms with Crippen molar-refractivity contribution in [2.75, 3.05) is 18.1 Å². The number of fused-ring (bicyclic) bond motifs is 1. The number of aliphatic imine (C=N–C) groups is 1. The van der Waals surface area contributed by atoms with Crippen molar-refractivity contribution in [3.63, 3.8) is 0 Å². The van der Waals surface area contributed by atoms with E-state index >= 15 is 0 Å². The summed E-state index contributed by atoms with van der Waals surface area (Å²) in [6.07, 6.45) is 5.59. The molecule has 1 aromatic heterocycles. The molecule has 2 heterocycles. The second kappa shape index (κ2) is 6.76. The third kappa shape index (κ3) is 3.49. The molecular weight excluding hydrogens is 320 g/mol. The Balaban J connectivity index is 1.55. The Morgan fingerprint density at radius 1 is 1.43 bits per heavy atom. The summed E-state index contributed by atoms with van der Waals surface area (Å²) < 4.78 is 1.53. The number of anilines is 1. The molecule has 120 valence electrons. The number of hydrogen-bond acceptors (Lipinski definition) is 6. The number of nitro groups is 1. The maximum Gasteiger partial charge on any atom is 0.434 e. The van der Waals surface area contributed by atoms with Gasteiger partial charge in [0, 0.05) is 17.8 Å². The Morgan fingerprint density at radius 3 is 3.13 bits per heavy atom. The predicted molar refractivity (Wildman–Crippen MR) is 88.5 cm³/mol. The maximum absolute atomic E-state index is 10.8. The highest BCUT2D eigenvalue weighted by Crippen LogP contribution is 2.32. The minimum absolute atomic E-state index is 0.130. The van der Waals surface area contributed by atoms with Crippen molar-refractivity contribution in [1.29, 1.82) is 0 Å². The number of nitrogens with one attached hydrogen (secondary N) is 1. The first-order valence-electron chi connectivity index (χ1n) is 7.14. The zero-order valence-electron chi connectivity index (χ0n) is 12.2. The van der Waals surface area contributed by atoms with Gasteiger partial charge in [-0.15, -0.1) is 0 Å². The first kappa shape index (κ1) is 15.4. The Hall–Kier alpha value is -2.45. The van der Waals surface area contributed by atoms with Crippen LogP contribution in [0.15, 0.2) is 35.6 Å². The number of aryl methyl sites for hydroxylation is 1. The van der Waals surface area contributed by atoms with E-state index in [9.17, 15) is 10.1 Å². The summed E-state index contributed by atoms with van der Waals surface area (Å²) in [4.78, 5) is 18.4. The van der Waals surface area contributed by atoms with Crippen molar-refractivity contribution in [1.82, 2.24) is 15.0 Å². The number of hydrogen-bond donors (Lipinski definition) is 1. The van der Waals surface area contributed by atoms with Crippen molar-refractivity contribution in [3.8, 4) is 0 Å². The summed E-state index contributed by atoms with van der Waals surface area (Å²) in [5.74, 6) is -0.130. The normalized spacial score (nSPS) is 13.2. The average Bonchev–Trinajstić information content (AvgIpc) is 3.00. The smallest absolute Gasteiger partial charge is 0.390 e. The quantitative estimate of drug-likeness (QED) is 0.498. The number of hydrazine groups is 1. The number of benzene rings is 1. The zero-order valence-corrected chi connectivity index (χ0v) is 13.0. The molecule has 0 saturated carbocycles. The molecule has 2 aromatic rings. The maximum atomic E-state index is 10.8. The summed E-state index contributed by atoms with van der Waals surface area (Å²) in [5, 5.41) is 13.4. The molecule has 0 unspecified atom stereocenters. The molecule has 0 amide bonds. The SMILES string of the molecule is O=[N+]([O-])c1nccn1CCCNN1CC=Nc2cc(Cl)ccc21. The fourth-order valence-corrected chi connectivity index (χ4v) is 2.57. The van der Waals surface area contributed by atoms with Gasteiger partial charge >= 0.3 is 5.95 Å². The highest BCUT2D eigenvalue weighted by atomic mass is 35.5. The molecule has 1 aromatic carbocycles. The van der Waals surface area contributed by atoms with Gasteiger partial charge in [0.05, 0.1) is 24.5 Å². The molecule has 0 bridgehead atoms. The summed E-state index contributed by atoms with van der Waals surface area (Å²) >= 11 is 5.97. The minimum Gasteiger partial charge on any atom is -0.390 e. The number of nitrogens with zero attached hydrogens (tertiary/aromatic N) is 5. The van der Waals surface area contributed by atoms with Gasteiger partial charge in [0.1, 0.15) is 12.4 Å². The Morgan fingerprint density at radius 2 is 2.30 bits per heavy atom. The lowest BCUT2D eigenvalue weighted by atomic mass is 10.2. The van der Waals surface area contributed by atoms with Crippen molar-refractivity contribution in [2.45, 2.75) is 13.0 Å². The van der Waals surface area contributed by atoms with Gasteiger partial charge in [0.15, 0.2) is 0 Å². The molecule has 0 radical (unpaired) electrons. The van der Waals surface area contributed by atoms with Gasteiger partial charge in [0.2, 0.25) is 0 Å². The molecule has 3 rings (SSSR count). The van der Waals surface area contributed by atoms with E-state index < -0.39 is 4.92 Å². The fraction of sp³-hybridized carbons (Fsp3) is 0.286. The lowest BCUT2D eigenvalue weighted by molar-refractivity contribution is -0.396. The van der Waals surface area contributed by atoms with Crippen LogP contribution in [-0.4, -0.2) is 33.8 Å². The molecule has 0 atom stereocenters. The number of rotatable bonds is 6. The Kier molecular flexibility index (Phi) is 4.54. The van der Waals surface area contributed by atoms with Crippen LogP contribution in [0.3, 0.4) is 0 Å². The summed E-state index contributed by atoms with van der Waals surface area (Å²) in [7, 11) is 0. The monoisotopic (exact) mass is 334 g/mol. The van der Waals surface area contributed by atoms with Gasteiger partial charge in [-0.2, -0.15) is 0 Å². The number of imidazole rings is 1. The van der Waals surface area contributed by atoms with E-state index in [0.717, 1.165) is 17.8 Å². The molecule has 0 fully saturated rings. The van der Waals surface area contributed by atoms with Crippen LogP contribution >= 0.6 is 11.6 Å². The molecular formula is C14H15ClN6O2. The van der Waals surface area contributed by atoms with Gasteiger partial charge < -0.3 is 15.1 Å². The summed E-state index contributed by atoms with van der Waals surface area (Å²) in [6, 6.07) is 5.56. The van der Waals surface area contributed by atoms with Gasteiger partial charge in [-0.05, 0) is 29.5 Å². The van der Waals surface area contributed by atoms with E-state index in [0.29, 0.717) is 24.7 Å². The van der Waals surface area contributed by atoms with E-state index in [1.165, 1.54) is 10.8 Å². The van der Waals surface area contributed by atoms with Crippen molar-refractivity contribution in [2.24, 2.45) is 4.99 Å². The average molecular weight is 335 g/mol. The molecule has 0 saturated heterocycles. The standard InChI is InChI=1S/C14H15ClN6O2/c15-11-2-3-13-12(10-11)16-6-9-20(13)18-4-1-7-19-8-5-17-14(19)21(22)23/h2-3,5-6,8,10,18H,1,4,7,9H2. The number of aromatic nitrogens is 2. The fourth-order valence-electron chi connectivity index (χ4n) is 2.41. The van der Waals surface area contributed by atoms with Crippen LogP contribution in [0.1, 0.15) is 6.42 Å². The first-order chi connectivity index (χ1) is 11.1. The third-order valence-electron chi connectivity index (χ3n) is 3.46. The van der Waals surface area contributed by atoms with Crippen LogP contribution < -0.4 is 10.4 Å². The molecule has 1 N–H and O–H groups in total. The van der Waals surface area contributed by atoms with Gasteiger partial charge in [-0.25, -0.2) is 9.99 Å². The largest absolute Gasteiger partial charge is 0.434 e. The minimum atomic E-state index is -0.478. The first-order valence-corrected chi connectivity index (χ1v) is 7.51.